The van der Waals surface area contributed by atoms with E-state index in [1.807, 2.05) is 0 Å². The molecule has 10 heteroatoms. The van der Waals surface area contributed by atoms with Crippen LogP contribution in [0.3, 0.4) is 0 Å². The van der Waals surface area contributed by atoms with Crippen molar-refractivity contribution >= 4 is 17.3 Å². The molecule has 0 spiro atoms. The summed E-state index contributed by atoms with van der Waals surface area (Å²) in [7, 11) is 2.74. The number of hydrogen-bond acceptors (Lipinski definition) is 5. The summed E-state index contributed by atoms with van der Waals surface area (Å²) in [4.78, 5) is 22.2. The third kappa shape index (κ3) is 5.80. The maximum Gasteiger partial charge on any atom is 0.416 e. The lowest BCUT2D eigenvalue weighted by Crippen LogP contribution is -2.29. The highest BCUT2D eigenvalue weighted by molar-refractivity contribution is 6.45. The molecule has 2 aromatic rings. The van der Waals surface area contributed by atoms with E-state index >= 15 is 0 Å². The molecule has 0 aliphatic heterocycles. The normalized spacial score (nSPS) is 12.5. The zero-order chi connectivity index (χ0) is 23.2. The third-order valence-electron chi connectivity index (χ3n) is 4.38. The summed E-state index contributed by atoms with van der Waals surface area (Å²) in [6.07, 6.45) is -4.61. The van der Waals surface area contributed by atoms with Crippen LogP contribution in [0.15, 0.2) is 46.7 Å². The van der Waals surface area contributed by atoms with Gasteiger partial charge in [0.15, 0.2) is 5.71 Å². The minimum absolute atomic E-state index is 0.0110. The van der Waals surface area contributed by atoms with Crippen LogP contribution in [-0.2, 0) is 27.3 Å². The van der Waals surface area contributed by atoms with Crippen molar-refractivity contribution in [3.63, 3.8) is 0 Å². The van der Waals surface area contributed by atoms with Crippen molar-refractivity contribution in [2.75, 3.05) is 14.2 Å². The number of oxime groups is 2. The fourth-order valence-electron chi connectivity index (χ4n) is 2.76. The van der Waals surface area contributed by atoms with E-state index in [-0.39, 0.29) is 23.6 Å². The highest BCUT2D eigenvalue weighted by atomic mass is 19.4. The molecule has 0 unspecified atom stereocenters. The van der Waals surface area contributed by atoms with E-state index < -0.39 is 23.5 Å². The number of carbonyl (C=O) groups excluding carboxylic acids is 1. The number of halogens is 4. The first-order valence-electron chi connectivity index (χ1n) is 9.05. The van der Waals surface area contributed by atoms with Crippen molar-refractivity contribution in [3.05, 3.63) is 70.0 Å². The summed E-state index contributed by atoms with van der Waals surface area (Å²) in [5.41, 5.74) is 0.357. The maximum atomic E-state index is 14.0. The summed E-state index contributed by atoms with van der Waals surface area (Å²) in [5, 5.41) is 9.99. The molecule has 0 radical (unpaired) electrons. The molecule has 166 valence electrons. The Morgan fingerprint density at radius 3 is 2.45 bits per heavy atom. The van der Waals surface area contributed by atoms with Gasteiger partial charge in [-0.15, -0.1) is 0 Å². The van der Waals surface area contributed by atoms with Gasteiger partial charge in [-0.2, -0.15) is 13.2 Å². The highest BCUT2D eigenvalue weighted by Crippen LogP contribution is 2.30. The van der Waals surface area contributed by atoms with E-state index in [9.17, 15) is 22.4 Å². The molecule has 0 atom stereocenters. The molecule has 0 heterocycles. The zero-order valence-electron chi connectivity index (χ0n) is 17.3. The van der Waals surface area contributed by atoms with Crippen LogP contribution < -0.4 is 5.32 Å². The molecule has 0 saturated carbocycles. The minimum Gasteiger partial charge on any atom is -0.398 e. The number of rotatable bonds is 7. The number of aryl methyl sites for hydroxylation is 1. The molecule has 31 heavy (non-hydrogen) atoms. The quantitative estimate of drug-likeness (QED) is 0.400. The lowest BCUT2D eigenvalue weighted by molar-refractivity contribution is -0.137. The molecule has 1 amide bonds. The van der Waals surface area contributed by atoms with Crippen molar-refractivity contribution in [3.8, 4) is 0 Å². The van der Waals surface area contributed by atoms with E-state index in [0.29, 0.717) is 23.3 Å². The first kappa shape index (κ1) is 23.8. The van der Waals surface area contributed by atoms with E-state index in [2.05, 4.69) is 15.6 Å². The van der Waals surface area contributed by atoms with Crippen molar-refractivity contribution in [1.29, 1.82) is 0 Å². The molecule has 0 aliphatic carbocycles. The second-order valence-electron chi connectivity index (χ2n) is 6.45. The van der Waals surface area contributed by atoms with Crippen molar-refractivity contribution in [1.82, 2.24) is 5.32 Å². The van der Waals surface area contributed by atoms with Gasteiger partial charge in [0.1, 0.15) is 19.5 Å². The molecule has 0 aliphatic rings. The Labute approximate surface area is 176 Å². The van der Waals surface area contributed by atoms with Gasteiger partial charge in [0.2, 0.25) is 0 Å². The van der Waals surface area contributed by atoms with Crippen LogP contribution in [0.2, 0.25) is 0 Å². The van der Waals surface area contributed by atoms with Crippen LogP contribution in [0.1, 0.15) is 34.7 Å². The summed E-state index contributed by atoms with van der Waals surface area (Å²) in [6.45, 7) is 2.97. The molecule has 6 nitrogen and oxygen atoms in total. The van der Waals surface area contributed by atoms with Gasteiger partial charge >= 0.3 is 6.18 Å². The van der Waals surface area contributed by atoms with Gasteiger partial charge in [0.25, 0.3) is 5.91 Å². The van der Waals surface area contributed by atoms with E-state index in [1.165, 1.54) is 21.1 Å². The lowest BCUT2D eigenvalue weighted by Gasteiger charge is -2.13. The van der Waals surface area contributed by atoms with Crippen LogP contribution in [-0.4, -0.2) is 31.5 Å². The number of benzene rings is 2. The van der Waals surface area contributed by atoms with Crippen LogP contribution in [0.5, 0.6) is 0 Å². The van der Waals surface area contributed by atoms with Gasteiger partial charge in [-0.3, -0.25) is 4.79 Å². The van der Waals surface area contributed by atoms with Crippen molar-refractivity contribution < 1.29 is 32.0 Å². The van der Waals surface area contributed by atoms with Crippen LogP contribution in [0, 0.1) is 12.7 Å². The SMILES string of the molecule is CNC(=O)/C(=N/OC)c1cccc(C)c1CO/N=C(\C)c1cc(C(F)(F)F)ccc1F. The Balaban J connectivity index is 2.33. The number of nitrogens with one attached hydrogen (secondary N) is 1. The average molecular weight is 439 g/mol. The number of hydrogen-bond donors (Lipinski definition) is 1. The maximum absolute atomic E-state index is 14.0. The second kappa shape index (κ2) is 10.1. The van der Waals surface area contributed by atoms with Gasteiger partial charge in [0.05, 0.1) is 11.3 Å². The summed E-state index contributed by atoms with van der Waals surface area (Å²) in [6, 6.07) is 7.19. The lowest BCUT2D eigenvalue weighted by atomic mass is 9.98. The van der Waals surface area contributed by atoms with Crippen LogP contribution in [0.4, 0.5) is 17.6 Å². The molecule has 0 bridgehead atoms. The van der Waals surface area contributed by atoms with E-state index in [4.69, 9.17) is 9.68 Å². The first-order valence-corrected chi connectivity index (χ1v) is 9.05. The van der Waals surface area contributed by atoms with Gasteiger partial charge in [-0.05, 0) is 37.6 Å². The average Bonchev–Trinajstić information content (AvgIpc) is 2.72. The molecule has 0 aromatic heterocycles. The van der Waals surface area contributed by atoms with Gasteiger partial charge in [-0.1, -0.05) is 28.5 Å². The minimum atomic E-state index is -4.61. The van der Waals surface area contributed by atoms with Crippen molar-refractivity contribution in [2.24, 2.45) is 10.3 Å². The Morgan fingerprint density at radius 1 is 1.13 bits per heavy atom. The molecule has 0 saturated heterocycles. The Morgan fingerprint density at radius 2 is 1.84 bits per heavy atom. The van der Waals surface area contributed by atoms with Crippen molar-refractivity contribution in [2.45, 2.75) is 26.6 Å². The number of nitrogens with zero attached hydrogens (tertiary/aromatic N) is 2. The van der Waals surface area contributed by atoms with E-state index in [1.54, 1.807) is 25.1 Å². The predicted octanol–water partition coefficient (Wildman–Crippen LogP) is 4.19. The molecular formula is C21H21F4N3O3. The number of likely N-dealkylation sites (N-methyl/N-ethyl adjacent to an activating group) is 1. The molecule has 2 rings (SSSR count). The topological polar surface area (TPSA) is 72.3 Å². The number of amides is 1. The summed E-state index contributed by atoms with van der Waals surface area (Å²) in [5.74, 6) is -1.34. The molecule has 2 aromatic carbocycles. The summed E-state index contributed by atoms with van der Waals surface area (Å²) >= 11 is 0. The summed E-state index contributed by atoms with van der Waals surface area (Å²) < 4.78 is 52.8. The van der Waals surface area contributed by atoms with E-state index in [0.717, 1.165) is 11.6 Å². The van der Waals surface area contributed by atoms with Gasteiger partial charge in [0, 0.05) is 23.7 Å². The zero-order valence-corrected chi connectivity index (χ0v) is 17.3. The van der Waals surface area contributed by atoms with Crippen LogP contribution >= 0.6 is 0 Å². The van der Waals surface area contributed by atoms with Gasteiger partial charge < -0.3 is 15.0 Å². The fourth-order valence-corrected chi connectivity index (χ4v) is 2.76. The monoisotopic (exact) mass is 439 g/mol. The third-order valence-corrected chi connectivity index (χ3v) is 4.38. The number of carbonyl (C=O) groups is 1. The standard InChI is InChI=1S/C21H21F4N3O3/c1-12-6-5-7-15(19(28-30-4)20(29)26-3)17(12)11-31-27-13(2)16-10-14(21(23,24)25)8-9-18(16)22/h5-10H,11H2,1-4H3,(H,26,29)/b27-13+,28-19+. The predicted molar refractivity (Wildman–Crippen MR) is 107 cm³/mol. The molecule has 1 N–H and O–H groups in total. The Hall–Kier alpha value is -3.43. The Bertz CT molecular complexity index is 1020. The molecule has 0 fully saturated rings. The Kier molecular flexibility index (Phi) is 7.73. The first-order chi connectivity index (χ1) is 14.6. The second-order valence-corrected chi connectivity index (χ2v) is 6.45. The largest absolute Gasteiger partial charge is 0.416 e. The highest BCUT2D eigenvalue weighted by Gasteiger charge is 2.31. The molecular weight excluding hydrogens is 418 g/mol. The fraction of sp³-hybridized carbons (Fsp3) is 0.286. The van der Waals surface area contributed by atoms with Gasteiger partial charge in [-0.25, -0.2) is 4.39 Å². The van der Waals surface area contributed by atoms with Crippen LogP contribution in [0.25, 0.3) is 0 Å². The number of alkyl halides is 3. The smallest absolute Gasteiger partial charge is 0.398 e.